The molecule has 0 aromatic heterocycles. The maximum atomic E-state index is 13.1. The third-order valence-electron chi connectivity index (χ3n) is 4.57. The SMILES string of the molecule is CC(C)N(C)S(=O)(=O)c1ccc(C(=O)Nc2cc(C(F)(F)F)ccc2N(C)C)cc1. The van der Waals surface area contributed by atoms with E-state index in [1.54, 1.807) is 32.8 Å². The molecule has 0 aliphatic carbocycles. The topological polar surface area (TPSA) is 69.7 Å². The van der Waals surface area contributed by atoms with Gasteiger partial charge in [-0.2, -0.15) is 17.5 Å². The van der Waals surface area contributed by atoms with Crippen LogP contribution >= 0.6 is 0 Å². The summed E-state index contributed by atoms with van der Waals surface area (Å²) in [6, 6.07) is 8.06. The summed E-state index contributed by atoms with van der Waals surface area (Å²) in [6.07, 6.45) is -4.55. The van der Waals surface area contributed by atoms with Gasteiger partial charge in [-0.25, -0.2) is 8.42 Å². The van der Waals surface area contributed by atoms with E-state index in [2.05, 4.69) is 5.32 Å². The number of hydrogen-bond donors (Lipinski definition) is 1. The molecule has 2 aromatic rings. The van der Waals surface area contributed by atoms with Gasteiger partial charge in [-0.3, -0.25) is 4.79 Å². The lowest BCUT2D eigenvalue weighted by Crippen LogP contribution is -2.33. The molecule has 0 heterocycles. The van der Waals surface area contributed by atoms with Crippen LogP contribution in [0.5, 0.6) is 0 Å². The van der Waals surface area contributed by atoms with E-state index in [4.69, 9.17) is 0 Å². The number of nitrogens with one attached hydrogen (secondary N) is 1. The Balaban J connectivity index is 2.33. The molecule has 2 aromatic carbocycles. The lowest BCUT2D eigenvalue weighted by Gasteiger charge is -2.21. The largest absolute Gasteiger partial charge is 0.416 e. The monoisotopic (exact) mass is 443 g/mol. The van der Waals surface area contributed by atoms with Crippen molar-refractivity contribution in [1.29, 1.82) is 0 Å². The number of anilines is 2. The first-order chi connectivity index (χ1) is 13.7. The summed E-state index contributed by atoms with van der Waals surface area (Å²) in [5.41, 5.74) is -0.380. The Bertz CT molecular complexity index is 1020. The third kappa shape index (κ3) is 5.11. The quantitative estimate of drug-likeness (QED) is 0.731. The number of rotatable bonds is 6. The number of carbonyl (C=O) groups excluding carboxylic acids is 1. The average Bonchev–Trinajstić information content (AvgIpc) is 2.66. The lowest BCUT2D eigenvalue weighted by atomic mass is 10.1. The maximum Gasteiger partial charge on any atom is 0.416 e. The van der Waals surface area contributed by atoms with Crippen molar-refractivity contribution < 1.29 is 26.4 Å². The minimum atomic E-state index is -4.55. The number of nitrogens with zero attached hydrogens (tertiary/aromatic N) is 2. The van der Waals surface area contributed by atoms with Gasteiger partial charge in [0.1, 0.15) is 0 Å². The lowest BCUT2D eigenvalue weighted by molar-refractivity contribution is -0.137. The molecule has 0 radical (unpaired) electrons. The summed E-state index contributed by atoms with van der Waals surface area (Å²) >= 11 is 0. The van der Waals surface area contributed by atoms with Crippen LogP contribution in [0.1, 0.15) is 29.8 Å². The maximum absolute atomic E-state index is 13.1. The summed E-state index contributed by atoms with van der Waals surface area (Å²) in [4.78, 5) is 14.2. The molecule has 0 aliphatic rings. The highest BCUT2D eigenvalue weighted by Crippen LogP contribution is 2.35. The number of sulfonamides is 1. The second-order valence-corrected chi connectivity index (χ2v) is 9.22. The first-order valence-electron chi connectivity index (χ1n) is 9.03. The predicted octanol–water partition coefficient (Wildman–Crippen LogP) is 4.05. The fourth-order valence-corrected chi connectivity index (χ4v) is 3.99. The smallest absolute Gasteiger partial charge is 0.376 e. The summed E-state index contributed by atoms with van der Waals surface area (Å²) in [6.45, 7) is 3.47. The molecular formula is C20H24F3N3O3S. The van der Waals surface area contributed by atoms with Crippen LogP contribution in [0.2, 0.25) is 0 Å². The molecule has 0 spiro atoms. The second-order valence-electron chi connectivity index (χ2n) is 7.22. The zero-order chi connectivity index (χ0) is 22.9. The molecule has 164 valence electrons. The summed E-state index contributed by atoms with van der Waals surface area (Å²) in [7, 11) is 1.03. The second kappa shape index (κ2) is 8.65. The molecular weight excluding hydrogens is 419 g/mol. The van der Waals surface area contributed by atoms with Crippen LogP contribution < -0.4 is 10.2 Å². The predicted molar refractivity (Wildman–Crippen MR) is 110 cm³/mol. The van der Waals surface area contributed by atoms with Gasteiger partial charge in [0.05, 0.1) is 21.8 Å². The van der Waals surface area contributed by atoms with Gasteiger partial charge in [-0.05, 0) is 56.3 Å². The molecule has 0 atom stereocenters. The molecule has 6 nitrogen and oxygen atoms in total. The number of halogens is 3. The first kappa shape index (κ1) is 23.7. The van der Waals surface area contributed by atoms with Crippen LogP contribution in [-0.4, -0.2) is 45.8 Å². The minimum absolute atomic E-state index is 0.00364. The average molecular weight is 443 g/mol. The number of alkyl halides is 3. The Kier molecular flexibility index (Phi) is 6.83. The van der Waals surface area contributed by atoms with E-state index < -0.39 is 27.7 Å². The third-order valence-corrected chi connectivity index (χ3v) is 6.62. The van der Waals surface area contributed by atoms with Crippen molar-refractivity contribution in [2.45, 2.75) is 31.0 Å². The Morgan fingerprint density at radius 1 is 1.00 bits per heavy atom. The van der Waals surface area contributed by atoms with Crippen molar-refractivity contribution in [3.8, 4) is 0 Å². The van der Waals surface area contributed by atoms with E-state index in [0.29, 0.717) is 5.69 Å². The van der Waals surface area contributed by atoms with Crippen molar-refractivity contribution in [2.75, 3.05) is 31.4 Å². The molecule has 0 fully saturated rings. The van der Waals surface area contributed by atoms with Crippen molar-refractivity contribution in [3.63, 3.8) is 0 Å². The van der Waals surface area contributed by atoms with Crippen LogP contribution in [-0.2, 0) is 16.2 Å². The number of amides is 1. The Labute approximate surface area is 174 Å². The highest BCUT2D eigenvalue weighted by molar-refractivity contribution is 7.89. The molecule has 0 saturated carbocycles. The molecule has 1 N–H and O–H groups in total. The highest BCUT2D eigenvalue weighted by Gasteiger charge is 2.31. The Hall–Kier alpha value is -2.59. The van der Waals surface area contributed by atoms with Gasteiger partial charge in [0, 0.05) is 32.7 Å². The Morgan fingerprint density at radius 3 is 2.03 bits per heavy atom. The van der Waals surface area contributed by atoms with E-state index >= 15 is 0 Å². The van der Waals surface area contributed by atoms with Crippen molar-refractivity contribution in [3.05, 3.63) is 53.6 Å². The van der Waals surface area contributed by atoms with Crippen LogP contribution in [0.4, 0.5) is 24.5 Å². The van der Waals surface area contributed by atoms with Gasteiger partial charge < -0.3 is 10.2 Å². The molecule has 2 rings (SSSR count). The zero-order valence-electron chi connectivity index (χ0n) is 17.3. The van der Waals surface area contributed by atoms with E-state index in [0.717, 1.165) is 12.1 Å². The van der Waals surface area contributed by atoms with Gasteiger partial charge in [0.25, 0.3) is 5.91 Å². The molecule has 0 aliphatic heterocycles. The van der Waals surface area contributed by atoms with Gasteiger partial charge >= 0.3 is 6.18 Å². The summed E-state index contributed by atoms with van der Waals surface area (Å²) in [5, 5.41) is 2.48. The van der Waals surface area contributed by atoms with Crippen LogP contribution in [0.15, 0.2) is 47.4 Å². The van der Waals surface area contributed by atoms with E-state index in [1.165, 1.54) is 41.7 Å². The van der Waals surface area contributed by atoms with Crippen molar-refractivity contribution in [2.24, 2.45) is 0 Å². The van der Waals surface area contributed by atoms with Crippen LogP contribution in [0, 0.1) is 0 Å². The Morgan fingerprint density at radius 2 is 1.57 bits per heavy atom. The van der Waals surface area contributed by atoms with Crippen molar-refractivity contribution in [1.82, 2.24) is 4.31 Å². The van der Waals surface area contributed by atoms with Gasteiger partial charge in [-0.15, -0.1) is 0 Å². The fraction of sp³-hybridized carbons (Fsp3) is 0.350. The van der Waals surface area contributed by atoms with Gasteiger partial charge in [-0.1, -0.05) is 0 Å². The minimum Gasteiger partial charge on any atom is -0.376 e. The molecule has 30 heavy (non-hydrogen) atoms. The highest BCUT2D eigenvalue weighted by atomic mass is 32.2. The number of carbonyl (C=O) groups is 1. The zero-order valence-corrected chi connectivity index (χ0v) is 18.1. The van der Waals surface area contributed by atoms with E-state index in [1.807, 2.05) is 0 Å². The first-order valence-corrected chi connectivity index (χ1v) is 10.5. The van der Waals surface area contributed by atoms with Gasteiger partial charge in [0.2, 0.25) is 10.0 Å². The molecule has 0 unspecified atom stereocenters. The normalized spacial score (nSPS) is 12.3. The number of benzene rings is 2. The standard InChI is InChI=1S/C20H24F3N3O3S/c1-13(2)26(5)30(28,29)16-9-6-14(7-10-16)19(27)24-17-12-15(20(21,22)23)8-11-18(17)25(3)4/h6-13H,1-5H3,(H,24,27). The van der Waals surface area contributed by atoms with E-state index in [-0.39, 0.29) is 22.2 Å². The molecule has 1 amide bonds. The number of hydrogen-bond acceptors (Lipinski definition) is 4. The fourth-order valence-electron chi connectivity index (χ4n) is 2.62. The summed E-state index contributed by atoms with van der Waals surface area (Å²) < 4.78 is 65.4. The molecule has 10 heteroatoms. The summed E-state index contributed by atoms with van der Waals surface area (Å²) in [5.74, 6) is -0.654. The van der Waals surface area contributed by atoms with Crippen LogP contribution in [0.3, 0.4) is 0 Å². The van der Waals surface area contributed by atoms with Crippen LogP contribution in [0.25, 0.3) is 0 Å². The molecule has 0 saturated heterocycles. The molecule has 0 bridgehead atoms. The van der Waals surface area contributed by atoms with Crippen molar-refractivity contribution >= 4 is 27.3 Å². The van der Waals surface area contributed by atoms with E-state index in [9.17, 15) is 26.4 Å². The van der Waals surface area contributed by atoms with Gasteiger partial charge in [0.15, 0.2) is 0 Å².